The van der Waals surface area contributed by atoms with Gasteiger partial charge in [-0.05, 0) is 47.2 Å². The Morgan fingerprint density at radius 1 is 0.500 bits per heavy atom. The third-order valence-electron chi connectivity index (χ3n) is 8.19. The smallest absolute Gasteiger partial charge is 0.160 e. The fourth-order valence-electron chi connectivity index (χ4n) is 6.24. The minimum absolute atomic E-state index is 0.733. The van der Waals surface area contributed by atoms with Gasteiger partial charge >= 0.3 is 0 Å². The van der Waals surface area contributed by atoms with Crippen LogP contribution in [0.1, 0.15) is 0 Å². The number of hydrogen-bond donors (Lipinski definition) is 0. The minimum Gasteiger partial charge on any atom is -0.309 e. The van der Waals surface area contributed by atoms with Gasteiger partial charge in [0, 0.05) is 37.7 Å². The van der Waals surface area contributed by atoms with Crippen molar-refractivity contribution in [3.63, 3.8) is 0 Å². The Kier molecular flexibility index (Phi) is 5.07. The molecule has 0 amide bonds. The molecule has 0 bridgehead atoms. The summed E-state index contributed by atoms with van der Waals surface area (Å²) in [7, 11) is 0. The molecule has 196 valence electrons. The van der Waals surface area contributed by atoms with E-state index in [1.54, 1.807) is 11.3 Å². The first-order chi connectivity index (χ1) is 20.8. The molecule has 9 aromatic rings. The van der Waals surface area contributed by atoms with Crippen LogP contribution in [0.25, 0.3) is 81.2 Å². The zero-order valence-electron chi connectivity index (χ0n) is 22.5. The molecular weight excluding hydrogens is 531 g/mol. The Bertz CT molecular complexity index is 2430. The van der Waals surface area contributed by atoms with Gasteiger partial charge in [0.05, 0.1) is 26.9 Å². The van der Waals surface area contributed by atoms with Crippen molar-refractivity contribution in [1.29, 1.82) is 0 Å². The maximum absolute atomic E-state index is 5.28. The Morgan fingerprint density at radius 3 is 2.00 bits per heavy atom. The average Bonchev–Trinajstić information content (AvgIpc) is 3.60. The molecule has 0 fully saturated rings. The summed E-state index contributed by atoms with van der Waals surface area (Å²) in [5.74, 6) is 0.733. The molecule has 0 N–H and O–H groups in total. The minimum atomic E-state index is 0.733. The van der Waals surface area contributed by atoms with E-state index in [9.17, 15) is 0 Å². The van der Waals surface area contributed by atoms with E-state index >= 15 is 0 Å². The van der Waals surface area contributed by atoms with Crippen LogP contribution in [0.2, 0.25) is 0 Å². The van der Waals surface area contributed by atoms with Gasteiger partial charge in [-0.2, -0.15) is 0 Å². The Hall–Kier alpha value is -5.32. The van der Waals surface area contributed by atoms with Gasteiger partial charge in [0.25, 0.3) is 0 Å². The summed E-state index contributed by atoms with van der Waals surface area (Å²) in [5, 5.41) is 6.10. The summed E-state index contributed by atoms with van der Waals surface area (Å²) in [6.45, 7) is 0. The predicted molar refractivity (Wildman–Crippen MR) is 178 cm³/mol. The summed E-state index contributed by atoms with van der Waals surface area (Å²) in [6, 6.07) is 49.5. The second kappa shape index (κ2) is 9.10. The van der Waals surface area contributed by atoms with Gasteiger partial charge in [-0.3, -0.25) is 0 Å². The van der Waals surface area contributed by atoms with E-state index in [1.807, 2.05) is 0 Å². The second-order valence-electron chi connectivity index (χ2n) is 10.7. The summed E-state index contributed by atoms with van der Waals surface area (Å²) in [5.41, 5.74) is 7.55. The largest absolute Gasteiger partial charge is 0.309 e. The van der Waals surface area contributed by atoms with Crippen LogP contribution in [-0.4, -0.2) is 14.5 Å². The highest BCUT2D eigenvalue weighted by Gasteiger charge is 2.18. The van der Waals surface area contributed by atoms with Crippen LogP contribution in [0.4, 0.5) is 0 Å². The standard InChI is InChI=1S/C38H23N3S/c1-2-11-25-22-26(21-20-24(25)10-1)35-37-36(31-16-5-8-19-34(31)42-37)40-38(39-35)27-12-9-13-28(23-27)41-32-17-6-3-14-29(32)30-15-4-7-18-33(30)41/h1-23H. The van der Waals surface area contributed by atoms with Crippen LogP contribution in [-0.2, 0) is 0 Å². The van der Waals surface area contributed by atoms with Crippen molar-refractivity contribution in [2.75, 3.05) is 0 Å². The van der Waals surface area contributed by atoms with Gasteiger partial charge < -0.3 is 4.57 Å². The van der Waals surface area contributed by atoms with Crippen molar-refractivity contribution in [3.8, 4) is 28.3 Å². The molecule has 0 saturated heterocycles. The predicted octanol–water partition coefficient (Wildman–Crippen LogP) is 10.4. The highest BCUT2D eigenvalue weighted by Crippen LogP contribution is 2.40. The summed E-state index contributed by atoms with van der Waals surface area (Å²) < 4.78 is 4.69. The maximum atomic E-state index is 5.28. The van der Waals surface area contributed by atoms with E-state index < -0.39 is 0 Å². The van der Waals surface area contributed by atoms with Gasteiger partial charge in [-0.1, -0.05) is 103 Å². The van der Waals surface area contributed by atoms with Crippen LogP contribution < -0.4 is 0 Å². The fraction of sp³-hybridized carbons (Fsp3) is 0. The average molecular weight is 554 g/mol. The molecule has 0 aliphatic rings. The summed E-state index contributed by atoms with van der Waals surface area (Å²) >= 11 is 1.77. The second-order valence-corrected chi connectivity index (χ2v) is 11.7. The number of aromatic nitrogens is 3. The van der Waals surface area contributed by atoms with Gasteiger partial charge in [0.2, 0.25) is 0 Å². The molecule has 3 aromatic heterocycles. The van der Waals surface area contributed by atoms with Crippen LogP contribution in [0.15, 0.2) is 140 Å². The molecule has 9 rings (SSSR count). The number of para-hydroxylation sites is 2. The molecule has 3 nitrogen and oxygen atoms in total. The highest BCUT2D eigenvalue weighted by atomic mass is 32.1. The molecule has 0 atom stereocenters. The summed E-state index contributed by atoms with van der Waals surface area (Å²) in [4.78, 5) is 10.5. The number of benzene rings is 6. The third-order valence-corrected chi connectivity index (χ3v) is 9.35. The number of hydrogen-bond acceptors (Lipinski definition) is 3. The van der Waals surface area contributed by atoms with Gasteiger partial charge in [-0.25, -0.2) is 9.97 Å². The van der Waals surface area contributed by atoms with Gasteiger partial charge in [0.1, 0.15) is 0 Å². The number of rotatable bonds is 3. The monoisotopic (exact) mass is 553 g/mol. The Labute approximate surface area is 246 Å². The van der Waals surface area contributed by atoms with Crippen LogP contribution in [0.3, 0.4) is 0 Å². The zero-order chi connectivity index (χ0) is 27.6. The molecule has 4 heteroatoms. The van der Waals surface area contributed by atoms with E-state index in [2.05, 4.69) is 144 Å². The van der Waals surface area contributed by atoms with Crippen molar-refractivity contribution in [2.24, 2.45) is 0 Å². The molecule has 42 heavy (non-hydrogen) atoms. The Balaban J connectivity index is 1.30. The zero-order valence-corrected chi connectivity index (χ0v) is 23.3. The van der Waals surface area contributed by atoms with Crippen molar-refractivity contribution in [1.82, 2.24) is 14.5 Å². The molecule has 0 radical (unpaired) electrons. The molecule has 3 heterocycles. The first-order valence-electron chi connectivity index (χ1n) is 14.1. The van der Waals surface area contributed by atoms with Crippen LogP contribution >= 0.6 is 11.3 Å². The normalized spacial score (nSPS) is 11.8. The highest BCUT2D eigenvalue weighted by molar-refractivity contribution is 7.26. The Morgan fingerprint density at radius 2 is 1.19 bits per heavy atom. The van der Waals surface area contributed by atoms with E-state index in [1.165, 1.54) is 42.7 Å². The molecular formula is C38H23N3S. The van der Waals surface area contributed by atoms with E-state index in [0.29, 0.717) is 0 Å². The maximum Gasteiger partial charge on any atom is 0.160 e. The lowest BCUT2D eigenvalue weighted by Crippen LogP contribution is -1.97. The SMILES string of the molecule is c1cc(-c2nc(-c3ccc4ccccc4c3)c3sc4ccccc4c3n2)cc(-n2c3ccccc3c3ccccc32)c1. The fourth-order valence-corrected chi connectivity index (χ4v) is 7.39. The first-order valence-corrected chi connectivity index (χ1v) is 14.9. The summed E-state index contributed by atoms with van der Waals surface area (Å²) in [6.07, 6.45) is 0. The van der Waals surface area contributed by atoms with Crippen molar-refractivity contribution in [3.05, 3.63) is 140 Å². The molecule has 6 aromatic carbocycles. The van der Waals surface area contributed by atoms with Crippen molar-refractivity contribution >= 4 is 64.2 Å². The third kappa shape index (κ3) is 3.52. The van der Waals surface area contributed by atoms with E-state index in [-0.39, 0.29) is 0 Å². The molecule has 0 spiro atoms. The van der Waals surface area contributed by atoms with Crippen LogP contribution in [0, 0.1) is 0 Å². The quantitative estimate of drug-likeness (QED) is 0.218. The number of nitrogens with zero attached hydrogens (tertiary/aromatic N) is 3. The van der Waals surface area contributed by atoms with E-state index in [0.717, 1.165) is 38.5 Å². The van der Waals surface area contributed by atoms with Gasteiger partial charge in [0.15, 0.2) is 5.82 Å². The molecule has 0 aliphatic heterocycles. The lowest BCUT2D eigenvalue weighted by molar-refractivity contribution is 1.17. The van der Waals surface area contributed by atoms with Crippen molar-refractivity contribution in [2.45, 2.75) is 0 Å². The van der Waals surface area contributed by atoms with Crippen molar-refractivity contribution < 1.29 is 0 Å². The topological polar surface area (TPSA) is 30.7 Å². The van der Waals surface area contributed by atoms with E-state index in [4.69, 9.17) is 9.97 Å². The molecule has 0 unspecified atom stereocenters. The van der Waals surface area contributed by atoms with Crippen LogP contribution in [0.5, 0.6) is 0 Å². The molecule has 0 aliphatic carbocycles. The number of fused-ring (bicyclic) bond motifs is 7. The lowest BCUT2D eigenvalue weighted by Gasteiger charge is -2.11. The lowest BCUT2D eigenvalue weighted by atomic mass is 10.0. The molecule has 0 saturated carbocycles. The first kappa shape index (κ1) is 23.4. The van der Waals surface area contributed by atoms with Gasteiger partial charge in [-0.15, -0.1) is 11.3 Å². The number of thiophene rings is 1.